The molecule has 0 spiro atoms. The van der Waals surface area contributed by atoms with Gasteiger partial charge in [-0.1, -0.05) is 60.2 Å². The molecule has 0 amide bonds. The second-order valence-electron chi connectivity index (χ2n) is 4.73. The summed E-state index contributed by atoms with van der Waals surface area (Å²) in [6, 6.07) is 15.1. The molecule has 0 aliphatic rings. The van der Waals surface area contributed by atoms with Gasteiger partial charge >= 0.3 is 5.97 Å². The quantitative estimate of drug-likeness (QED) is 0.346. The number of carbonyl (C=O) groups is 1. The first kappa shape index (κ1) is 16.8. The van der Waals surface area contributed by atoms with Gasteiger partial charge < -0.3 is 9.47 Å². The first-order chi connectivity index (χ1) is 11.2. The standard InChI is InChI=1S/C19H17ClO3/c1-22-13-18(19(21)23-2)17-6-4-3-5-15(17)10-7-14-8-11-16(20)12-9-14/h3-13H,1-2H3/b10-7+,18-13-. The first-order valence-corrected chi connectivity index (χ1v) is 7.38. The van der Waals surface area contributed by atoms with Crippen molar-refractivity contribution in [3.8, 4) is 0 Å². The van der Waals surface area contributed by atoms with Gasteiger partial charge in [0.2, 0.25) is 0 Å². The van der Waals surface area contributed by atoms with Crippen LogP contribution in [0.2, 0.25) is 5.02 Å². The van der Waals surface area contributed by atoms with Crippen LogP contribution in [0.1, 0.15) is 16.7 Å². The van der Waals surface area contributed by atoms with Gasteiger partial charge in [0.25, 0.3) is 0 Å². The Bertz CT molecular complexity index is 731. The lowest BCUT2D eigenvalue weighted by Gasteiger charge is -2.09. The minimum atomic E-state index is -0.445. The number of esters is 1. The largest absolute Gasteiger partial charge is 0.503 e. The van der Waals surface area contributed by atoms with Crippen LogP contribution in [0.5, 0.6) is 0 Å². The minimum absolute atomic E-state index is 0.367. The van der Waals surface area contributed by atoms with E-state index in [0.29, 0.717) is 10.6 Å². The summed E-state index contributed by atoms with van der Waals surface area (Å²) in [5.41, 5.74) is 3.01. The third kappa shape index (κ3) is 4.47. The highest BCUT2D eigenvalue weighted by Gasteiger charge is 2.15. The van der Waals surface area contributed by atoms with E-state index in [1.54, 1.807) is 0 Å². The summed E-state index contributed by atoms with van der Waals surface area (Å²) in [5, 5.41) is 0.693. The van der Waals surface area contributed by atoms with Crippen LogP contribution in [-0.2, 0) is 14.3 Å². The first-order valence-electron chi connectivity index (χ1n) is 7.00. The molecule has 2 aromatic carbocycles. The molecule has 0 radical (unpaired) electrons. The summed E-state index contributed by atoms with van der Waals surface area (Å²) in [4.78, 5) is 12.0. The van der Waals surface area contributed by atoms with E-state index in [-0.39, 0.29) is 0 Å². The summed E-state index contributed by atoms with van der Waals surface area (Å²) in [5.74, 6) is -0.445. The van der Waals surface area contributed by atoms with Gasteiger partial charge in [-0.2, -0.15) is 0 Å². The lowest BCUT2D eigenvalue weighted by atomic mass is 9.99. The van der Waals surface area contributed by atoms with Crippen LogP contribution >= 0.6 is 11.6 Å². The van der Waals surface area contributed by atoms with E-state index in [0.717, 1.165) is 16.7 Å². The molecule has 23 heavy (non-hydrogen) atoms. The number of methoxy groups -OCH3 is 2. The van der Waals surface area contributed by atoms with Crippen LogP contribution in [0, 0.1) is 0 Å². The molecule has 0 aliphatic carbocycles. The van der Waals surface area contributed by atoms with Crippen molar-refractivity contribution >= 4 is 35.3 Å². The van der Waals surface area contributed by atoms with Crippen molar-refractivity contribution < 1.29 is 14.3 Å². The zero-order chi connectivity index (χ0) is 16.7. The molecule has 0 N–H and O–H groups in total. The van der Waals surface area contributed by atoms with Gasteiger partial charge in [-0.3, -0.25) is 0 Å². The van der Waals surface area contributed by atoms with Crippen molar-refractivity contribution in [3.05, 3.63) is 76.5 Å². The second-order valence-corrected chi connectivity index (χ2v) is 5.17. The fourth-order valence-corrected chi connectivity index (χ4v) is 2.22. The van der Waals surface area contributed by atoms with Gasteiger partial charge in [-0.25, -0.2) is 4.79 Å². The number of halogens is 1. The van der Waals surface area contributed by atoms with E-state index in [1.165, 1.54) is 20.5 Å². The smallest absolute Gasteiger partial charge is 0.341 e. The van der Waals surface area contributed by atoms with Crippen LogP contribution < -0.4 is 0 Å². The van der Waals surface area contributed by atoms with Gasteiger partial charge in [0.15, 0.2) is 0 Å². The second kappa shape index (κ2) is 8.20. The van der Waals surface area contributed by atoms with E-state index in [4.69, 9.17) is 21.1 Å². The predicted octanol–water partition coefficient (Wildman–Crippen LogP) is 4.67. The molecule has 4 heteroatoms. The Kier molecular flexibility index (Phi) is 6.01. The Morgan fingerprint density at radius 2 is 1.70 bits per heavy atom. The van der Waals surface area contributed by atoms with Crippen LogP contribution in [0.3, 0.4) is 0 Å². The molecule has 0 bridgehead atoms. The normalized spacial score (nSPS) is 11.5. The van der Waals surface area contributed by atoms with Crippen molar-refractivity contribution in [2.75, 3.05) is 14.2 Å². The van der Waals surface area contributed by atoms with Crippen LogP contribution in [0.25, 0.3) is 17.7 Å². The Labute approximate surface area is 140 Å². The fraction of sp³-hybridized carbons (Fsp3) is 0.105. The van der Waals surface area contributed by atoms with Gasteiger partial charge in [0, 0.05) is 5.02 Å². The highest BCUT2D eigenvalue weighted by molar-refractivity contribution is 6.30. The number of carbonyl (C=O) groups excluding carboxylic acids is 1. The van der Waals surface area contributed by atoms with Crippen LogP contribution in [0.15, 0.2) is 54.8 Å². The van der Waals surface area contributed by atoms with E-state index in [2.05, 4.69) is 0 Å². The number of ether oxygens (including phenoxy) is 2. The minimum Gasteiger partial charge on any atom is -0.503 e. The van der Waals surface area contributed by atoms with Crippen molar-refractivity contribution in [1.82, 2.24) is 0 Å². The Balaban J connectivity index is 2.38. The third-order valence-electron chi connectivity index (χ3n) is 3.22. The zero-order valence-electron chi connectivity index (χ0n) is 13.0. The summed E-state index contributed by atoms with van der Waals surface area (Å²) in [7, 11) is 2.84. The zero-order valence-corrected chi connectivity index (χ0v) is 13.7. The van der Waals surface area contributed by atoms with Gasteiger partial charge in [0.1, 0.15) is 5.57 Å². The lowest BCUT2D eigenvalue weighted by molar-refractivity contribution is -0.133. The maximum Gasteiger partial charge on any atom is 0.341 e. The summed E-state index contributed by atoms with van der Waals surface area (Å²) in [6.07, 6.45) is 5.28. The average Bonchev–Trinajstić information content (AvgIpc) is 2.59. The van der Waals surface area contributed by atoms with E-state index in [1.807, 2.05) is 60.7 Å². The van der Waals surface area contributed by atoms with Crippen LogP contribution in [0.4, 0.5) is 0 Å². The molecule has 0 saturated heterocycles. The van der Waals surface area contributed by atoms with Gasteiger partial charge in [-0.15, -0.1) is 0 Å². The molecule has 0 aromatic heterocycles. The van der Waals surface area contributed by atoms with Crippen molar-refractivity contribution in [2.24, 2.45) is 0 Å². The number of hydrogen-bond acceptors (Lipinski definition) is 3. The monoisotopic (exact) mass is 328 g/mol. The molecule has 0 fully saturated rings. The van der Waals surface area contributed by atoms with Crippen molar-refractivity contribution in [3.63, 3.8) is 0 Å². The molecule has 0 unspecified atom stereocenters. The topological polar surface area (TPSA) is 35.5 Å². The Morgan fingerprint density at radius 1 is 1.00 bits per heavy atom. The molecule has 0 atom stereocenters. The SMILES string of the molecule is CO/C=C(\C(=O)OC)c1ccccc1/C=C/c1ccc(Cl)cc1. The number of benzene rings is 2. The number of hydrogen-bond donors (Lipinski definition) is 0. The average molecular weight is 329 g/mol. The maximum atomic E-state index is 12.0. The van der Waals surface area contributed by atoms with Crippen molar-refractivity contribution in [1.29, 1.82) is 0 Å². The van der Waals surface area contributed by atoms with Gasteiger partial charge in [0.05, 0.1) is 20.5 Å². The molecule has 118 valence electrons. The molecule has 2 aromatic rings. The van der Waals surface area contributed by atoms with Crippen LogP contribution in [-0.4, -0.2) is 20.2 Å². The summed E-state index contributed by atoms with van der Waals surface area (Å²) in [6.45, 7) is 0. The number of rotatable bonds is 5. The molecule has 0 aliphatic heterocycles. The summed E-state index contributed by atoms with van der Waals surface area (Å²) < 4.78 is 9.83. The molecule has 2 rings (SSSR count). The van der Waals surface area contributed by atoms with Crippen molar-refractivity contribution in [2.45, 2.75) is 0 Å². The molecule has 3 nitrogen and oxygen atoms in total. The maximum absolute atomic E-state index is 12.0. The summed E-state index contributed by atoms with van der Waals surface area (Å²) >= 11 is 5.88. The predicted molar refractivity (Wildman–Crippen MR) is 93.8 cm³/mol. The molecular weight excluding hydrogens is 312 g/mol. The van der Waals surface area contributed by atoms with E-state index < -0.39 is 5.97 Å². The van der Waals surface area contributed by atoms with E-state index in [9.17, 15) is 4.79 Å². The molecule has 0 saturated carbocycles. The lowest BCUT2D eigenvalue weighted by Crippen LogP contribution is -2.05. The Morgan fingerprint density at radius 3 is 2.35 bits per heavy atom. The molecule has 0 heterocycles. The molecular formula is C19H17ClO3. The highest BCUT2D eigenvalue weighted by atomic mass is 35.5. The fourth-order valence-electron chi connectivity index (χ4n) is 2.10. The van der Waals surface area contributed by atoms with E-state index >= 15 is 0 Å². The third-order valence-corrected chi connectivity index (χ3v) is 3.47. The highest BCUT2D eigenvalue weighted by Crippen LogP contribution is 2.23. The Hall–Kier alpha value is -2.52. The van der Waals surface area contributed by atoms with Gasteiger partial charge in [-0.05, 0) is 28.8 Å².